The standard InChI is InChI=1S/C47H59ClN9O6P/c1-5-31-27-37(51-47-49-29-35(48)44(53-47)50-36-12-6-7-14-42(36)64(3,4)61)41(62-2)28-39(31)56-20-17-32(18-21-56)55-24-22-54(23-25-55)19-8-9-26-63-40-13-10-11-33-34(40)30-57(46(33)60)38-15-16-43(58)52-45(38)59/h6-7,10-14,27-29,32,38H,5,8-9,15-26,30H2,1-4H3,(H,52,58,59)(H2,49,50,51,53). The number of aryl methyl sites for hydroxylation is 1. The van der Waals surface area contributed by atoms with Crippen molar-refractivity contribution in [2.24, 2.45) is 0 Å². The van der Waals surface area contributed by atoms with Gasteiger partial charge in [-0.15, -0.1) is 0 Å². The molecule has 0 spiro atoms. The molecule has 3 N–H and O–H groups in total. The van der Waals surface area contributed by atoms with E-state index < -0.39 is 19.1 Å². The van der Waals surface area contributed by atoms with E-state index >= 15 is 0 Å². The molecule has 0 saturated carbocycles. The lowest BCUT2D eigenvalue weighted by Gasteiger charge is -2.43. The highest BCUT2D eigenvalue weighted by Crippen LogP contribution is 2.40. The number of carbonyl (C=O) groups is 3. The third kappa shape index (κ3) is 10.2. The van der Waals surface area contributed by atoms with Crippen LogP contribution in [0.1, 0.15) is 66.9 Å². The minimum atomic E-state index is -2.56. The fraction of sp³-hybridized carbons (Fsp3) is 0.468. The van der Waals surface area contributed by atoms with Crippen LogP contribution in [-0.4, -0.2) is 127 Å². The van der Waals surface area contributed by atoms with Gasteiger partial charge in [-0.2, -0.15) is 4.98 Å². The van der Waals surface area contributed by atoms with Crippen LogP contribution in [0.3, 0.4) is 0 Å². The third-order valence-electron chi connectivity index (χ3n) is 12.9. The van der Waals surface area contributed by atoms with Crippen molar-refractivity contribution in [3.05, 3.63) is 82.5 Å². The van der Waals surface area contributed by atoms with Gasteiger partial charge < -0.3 is 39.4 Å². The minimum Gasteiger partial charge on any atom is -0.494 e. The molecular weight excluding hydrogens is 853 g/mol. The number of aromatic nitrogens is 2. The Morgan fingerprint density at radius 1 is 0.906 bits per heavy atom. The van der Waals surface area contributed by atoms with Crippen molar-refractivity contribution in [3.8, 4) is 11.5 Å². The second-order valence-electron chi connectivity index (χ2n) is 17.4. The monoisotopic (exact) mass is 911 g/mol. The molecule has 17 heteroatoms. The van der Waals surface area contributed by atoms with Gasteiger partial charge in [-0.25, -0.2) is 4.98 Å². The first-order valence-corrected chi connectivity index (χ1v) is 25.4. The largest absolute Gasteiger partial charge is 0.494 e. The molecule has 0 bridgehead atoms. The minimum absolute atomic E-state index is 0.187. The third-order valence-corrected chi connectivity index (χ3v) is 14.7. The molecule has 4 aliphatic heterocycles. The molecule has 340 valence electrons. The Kier molecular flexibility index (Phi) is 14.1. The molecule has 1 aromatic heterocycles. The Morgan fingerprint density at radius 2 is 1.69 bits per heavy atom. The molecule has 3 aromatic carbocycles. The number of hydrogen-bond acceptors (Lipinski definition) is 13. The predicted molar refractivity (Wildman–Crippen MR) is 252 cm³/mol. The first kappa shape index (κ1) is 45.4. The van der Waals surface area contributed by atoms with Gasteiger partial charge in [-0.05, 0) is 94.3 Å². The van der Waals surface area contributed by atoms with Gasteiger partial charge in [-0.3, -0.25) is 24.6 Å². The highest BCUT2D eigenvalue weighted by molar-refractivity contribution is 7.70. The predicted octanol–water partition coefficient (Wildman–Crippen LogP) is 6.64. The number of amides is 3. The molecule has 0 aliphatic carbocycles. The Bertz CT molecular complexity index is 2420. The molecule has 4 aromatic rings. The number of nitrogens with one attached hydrogen (secondary N) is 3. The molecule has 5 heterocycles. The van der Waals surface area contributed by atoms with E-state index in [9.17, 15) is 18.9 Å². The Labute approximate surface area is 380 Å². The number of benzene rings is 3. The smallest absolute Gasteiger partial charge is 0.255 e. The van der Waals surface area contributed by atoms with Crippen LogP contribution in [0.4, 0.5) is 28.8 Å². The normalized spacial score (nSPS) is 18.8. The first-order chi connectivity index (χ1) is 30.9. The van der Waals surface area contributed by atoms with E-state index in [0.29, 0.717) is 65.2 Å². The quantitative estimate of drug-likeness (QED) is 0.0624. The van der Waals surface area contributed by atoms with Crippen LogP contribution in [0.25, 0.3) is 0 Å². The van der Waals surface area contributed by atoms with Gasteiger partial charge in [0.05, 0.1) is 37.8 Å². The number of halogens is 1. The summed E-state index contributed by atoms with van der Waals surface area (Å²) in [5.74, 6) is 1.27. The SMILES string of the molecule is CCc1cc(Nc2ncc(Cl)c(Nc3ccccc3P(C)(C)=O)n2)c(OC)cc1N1CCC(N2CCN(CCCCOc3cccc4c3CN(C3CCC(=O)NC3=O)C4=O)CC2)CC1. The van der Waals surface area contributed by atoms with E-state index in [0.717, 1.165) is 94.5 Å². The van der Waals surface area contributed by atoms with Crippen molar-refractivity contribution in [3.63, 3.8) is 0 Å². The van der Waals surface area contributed by atoms with E-state index in [4.69, 9.17) is 21.1 Å². The number of ether oxygens (including phenoxy) is 2. The molecule has 4 aliphatic rings. The van der Waals surface area contributed by atoms with Gasteiger partial charge in [0.2, 0.25) is 17.8 Å². The van der Waals surface area contributed by atoms with E-state index in [1.54, 1.807) is 37.6 Å². The van der Waals surface area contributed by atoms with Gasteiger partial charge in [0, 0.05) is 79.9 Å². The van der Waals surface area contributed by atoms with Crippen LogP contribution >= 0.6 is 18.7 Å². The number of carbonyl (C=O) groups excluding carboxylic acids is 3. The summed E-state index contributed by atoms with van der Waals surface area (Å²) in [5.41, 5.74) is 5.24. The zero-order chi connectivity index (χ0) is 45.0. The summed E-state index contributed by atoms with van der Waals surface area (Å²) in [6, 6.07) is 17.2. The summed E-state index contributed by atoms with van der Waals surface area (Å²) in [7, 11) is -0.878. The number of nitrogens with zero attached hydrogens (tertiary/aromatic N) is 6. The summed E-state index contributed by atoms with van der Waals surface area (Å²) in [6.07, 6.45) is 7.10. The Balaban J connectivity index is 0.789. The van der Waals surface area contributed by atoms with Crippen LogP contribution in [0.15, 0.2) is 60.8 Å². The van der Waals surface area contributed by atoms with E-state index in [1.807, 2.05) is 36.4 Å². The number of methoxy groups -OCH3 is 1. The van der Waals surface area contributed by atoms with Crippen LogP contribution in [0, 0.1) is 0 Å². The van der Waals surface area contributed by atoms with Gasteiger partial charge >= 0.3 is 0 Å². The number of para-hydroxylation sites is 1. The Morgan fingerprint density at radius 3 is 2.42 bits per heavy atom. The average Bonchev–Trinajstić information content (AvgIpc) is 3.63. The average molecular weight is 912 g/mol. The first-order valence-electron chi connectivity index (χ1n) is 22.4. The number of piperazine rings is 1. The van der Waals surface area contributed by atoms with E-state index in [1.165, 1.54) is 11.3 Å². The zero-order valence-electron chi connectivity index (χ0n) is 37.2. The number of hydrogen-bond donors (Lipinski definition) is 3. The van der Waals surface area contributed by atoms with Crippen molar-refractivity contribution in [1.82, 2.24) is 30.0 Å². The van der Waals surface area contributed by atoms with Crippen molar-refractivity contribution in [2.45, 2.75) is 70.5 Å². The summed E-state index contributed by atoms with van der Waals surface area (Å²) in [4.78, 5) is 55.7. The second-order valence-corrected chi connectivity index (χ2v) is 21.0. The lowest BCUT2D eigenvalue weighted by molar-refractivity contribution is -0.136. The molecule has 8 rings (SSSR count). The highest BCUT2D eigenvalue weighted by atomic mass is 35.5. The van der Waals surface area contributed by atoms with Crippen molar-refractivity contribution in [2.75, 3.05) is 88.4 Å². The molecule has 3 saturated heterocycles. The van der Waals surface area contributed by atoms with Crippen LogP contribution in [0.5, 0.6) is 11.5 Å². The highest BCUT2D eigenvalue weighted by Gasteiger charge is 2.40. The summed E-state index contributed by atoms with van der Waals surface area (Å²) in [6.45, 7) is 13.7. The van der Waals surface area contributed by atoms with E-state index in [-0.39, 0.29) is 18.2 Å². The van der Waals surface area contributed by atoms with E-state index in [2.05, 4.69) is 59.7 Å². The number of unbranched alkanes of at least 4 members (excludes halogenated alkanes) is 1. The van der Waals surface area contributed by atoms with Crippen LogP contribution in [0.2, 0.25) is 5.02 Å². The number of anilines is 5. The lowest BCUT2D eigenvalue weighted by atomic mass is 9.99. The molecule has 1 unspecified atom stereocenters. The zero-order valence-corrected chi connectivity index (χ0v) is 38.9. The van der Waals surface area contributed by atoms with Crippen molar-refractivity contribution in [1.29, 1.82) is 0 Å². The number of imide groups is 1. The maximum atomic E-state index is 13.2. The molecule has 15 nitrogen and oxygen atoms in total. The van der Waals surface area contributed by atoms with Gasteiger partial charge in [-0.1, -0.05) is 36.7 Å². The molecule has 3 amide bonds. The van der Waals surface area contributed by atoms with Gasteiger partial charge in [0.15, 0.2) is 5.82 Å². The second kappa shape index (κ2) is 19.9. The summed E-state index contributed by atoms with van der Waals surface area (Å²) < 4.78 is 25.1. The summed E-state index contributed by atoms with van der Waals surface area (Å²) in [5, 5.41) is 10.1. The fourth-order valence-electron chi connectivity index (χ4n) is 9.41. The van der Waals surface area contributed by atoms with Gasteiger partial charge in [0.1, 0.15) is 29.7 Å². The number of rotatable bonds is 16. The van der Waals surface area contributed by atoms with Crippen molar-refractivity contribution < 1.29 is 28.4 Å². The topological polar surface area (TPSA) is 162 Å². The lowest BCUT2D eigenvalue weighted by Crippen LogP contribution is -2.53. The van der Waals surface area contributed by atoms with Gasteiger partial charge in [0.25, 0.3) is 5.91 Å². The maximum absolute atomic E-state index is 13.2. The fourth-order valence-corrected chi connectivity index (χ4v) is 10.7. The Hall–Kier alpha value is -5.21. The molecule has 64 heavy (non-hydrogen) atoms. The number of piperidine rings is 2. The molecule has 3 fully saturated rings. The maximum Gasteiger partial charge on any atom is 0.255 e. The molecule has 1 atom stereocenters. The molecule has 0 radical (unpaired) electrons. The molecular formula is C47H59ClN9O6P. The van der Waals surface area contributed by atoms with Crippen molar-refractivity contribution >= 4 is 70.6 Å². The van der Waals surface area contributed by atoms with Crippen LogP contribution in [-0.2, 0) is 27.1 Å². The summed E-state index contributed by atoms with van der Waals surface area (Å²) >= 11 is 6.53. The number of fused-ring (bicyclic) bond motifs is 1. The van der Waals surface area contributed by atoms with Crippen LogP contribution < -0.4 is 35.6 Å².